The highest BCUT2D eigenvalue weighted by atomic mass is 16.1. The van der Waals surface area contributed by atoms with Crippen molar-refractivity contribution in [1.82, 2.24) is 5.32 Å². The Kier molecular flexibility index (Phi) is 4.94. The van der Waals surface area contributed by atoms with Gasteiger partial charge in [0, 0.05) is 12.5 Å². The van der Waals surface area contributed by atoms with Crippen LogP contribution in [0.25, 0.3) is 0 Å². The lowest BCUT2D eigenvalue weighted by molar-refractivity contribution is -0.124. The summed E-state index contributed by atoms with van der Waals surface area (Å²) < 4.78 is 0. The lowest BCUT2D eigenvalue weighted by atomic mass is 9.83. The molecule has 1 amide bonds. The molecular weight excluding hydrogens is 176 g/mol. The molecule has 0 spiro atoms. The third kappa shape index (κ3) is 3.66. The second kappa shape index (κ2) is 6.02. The molecule has 1 rings (SSSR count). The lowest BCUT2D eigenvalue weighted by Crippen LogP contribution is -2.32. The highest BCUT2D eigenvalue weighted by Gasteiger charge is 2.17. The third-order valence-electron chi connectivity index (χ3n) is 3.12. The zero-order valence-electron chi connectivity index (χ0n) is 9.09. The highest BCUT2D eigenvalue weighted by molar-refractivity contribution is 5.78. The Morgan fingerprint density at radius 3 is 2.79 bits per heavy atom. The summed E-state index contributed by atoms with van der Waals surface area (Å²) in [6, 6.07) is 0. The number of hydrogen-bond donors (Lipinski definition) is 2. The summed E-state index contributed by atoms with van der Waals surface area (Å²) in [5.74, 6) is 1.11. The molecule has 0 radical (unpaired) electrons. The van der Waals surface area contributed by atoms with Gasteiger partial charge in [0.05, 0.1) is 0 Å². The fourth-order valence-electron chi connectivity index (χ4n) is 1.74. The Bertz CT molecular complexity index is 178. The molecule has 3 heteroatoms. The van der Waals surface area contributed by atoms with Gasteiger partial charge in [0.1, 0.15) is 0 Å². The molecule has 1 aliphatic carbocycles. The maximum atomic E-state index is 11.5. The van der Waals surface area contributed by atoms with Gasteiger partial charge in [0.25, 0.3) is 0 Å². The van der Waals surface area contributed by atoms with Crippen LogP contribution in [0.2, 0.25) is 0 Å². The summed E-state index contributed by atoms with van der Waals surface area (Å²) in [5.41, 5.74) is 5.39. The lowest BCUT2D eigenvalue weighted by Gasteiger charge is -2.25. The molecule has 1 saturated carbocycles. The Labute approximate surface area is 86.4 Å². The second-order valence-corrected chi connectivity index (χ2v) is 4.36. The zero-order chi connectivity index (χ0) is 10.4. The van der Waals surface area contributed by atoms with Gasteiger partial charge in [-0.15, -0.1) is 0 Å². The van der Waals surface area contributed by atoms with E-state index in [9.17, 15) is 4.79 Å². The van der Waals surface area contributed by atoms with Gasteiger partial charge in [0.15, 0.2) is 0 Å². The molecule has 0 aromatic rings. The molecule has 0 saturated heterocycles. The van der Waals surface area contributed by atoms with Crippen molar-refractivity contribution >= 4 is 5.91 Å². The van der Waals surface area contributed by atoms with Crippen LogP contribution in [0.1, 0.15) is 39.0 Å². The summed E-state index contributed by atoms with van der Waals surface area (Å²) in [6.07, 6.45) is 6.03. The molecule has 0 aromatic heterocycles. The minimum atomic E-state index is 0.0707. The van der Waals surface area contributed by atoms with Crippen molar-refractivity contribution in [3.63, 3.8) is 0 Å². The first-order valence-corrected chi connectivity index (χ1v) is 5.71. The van der Waals surface area contributed by atoms with Crippen LogP contribution in [0.15, 0.2) is 0 Å². The van der Waals surface area contributed by atoms with Crippen molar-refractivity contribution in [3.8, 4) is 0 Å². The molecule has 1 aliphatic rings. The molecule has 0 heterocycles. The average molecular weight is 198 g/mol. The minimum absolute atomic E-state index is 0.0707. The molecule has 1 fully saturated rings. The van der Waals surface area contributed by atoms with Gasteiger partial charge in [-0.25, -0.2) is 0 Å². The fraction of sp³-hybridized carbons (Fsp3) is 0.909. The molecule has 82 valence electrons. The van der Waals surface area contributed by atoms with E-state index in [0.717, 1.165) is 25.3 Å². The van der Waals surface area contributed by atoms with Crippen LogP contribution < -0.4 is 11.1 Å². The molecule has 0 bridgehead atoms. The van der Waals surface area contributed by atoms with E-state index in [1.54, 1.807) is 0 Å². The molecule has 14 heavy (non-hydrogen) atoms. The van der Waals surface area contributed by atoms with Crippen molar-refractivity contribution in [2.75, 3.05) is 13.1 Å². The first-order chi connectivity index (χ1) is 6.74. The van der Waals surface area contributed by atoms with Crippen LogP contribution in [0.3, 0.4) is 0 Å². The normalized spacial score (nSPS) is 18.7. The summed E-state index contributed by atoms with van der Waals surface area (Å²) in [6.45, 7) is 3.38. The first kappa shape index (κ1) is 11.5. The topological polar surface area (TPSA) is 55.1 Å². The van der Waals surface area contributed by atoms with E-state index in [-0.39, 0.29) is 11.8 Å². The van der Waals surface area contributed by atoms with Crippen molar-refractivity contribution in [1.29, 1.82) is 0 Å². The molecule has 1 unspecified atom stereocenters. The number of carbonyl (C=O) groups excluding carboxylic acids is 1. The summed E-state index contributed by atoms with van der Waals surface area (Å²) in [4.78, 5) is 11.5. The van der Waals surface area contributed by atoms with Gasteiger partial charge in [-0.1, -0.05) is 26.2 Å². The Hall–Kier alpha value is -0.570. The van der Waals surface area contributed by atoms with Crippen molar-refractivity contribution in [2.45, 2.75) is 39.0 Å². The van der Waals surface area contributed by atoms with E-state index in [1.165, 1.54) is 19.3 Å². The third-order valence-corrected chi connectivity index (χ3v) is 3.12. The standard InChI is InChI=1S/C11H22N2O/c1-9(5-7-12)11(14)13-8-6-10-3-2-4-10/h9-10H,2-8,12H2,1H3,(H,13,14). The van der Waals surface area contributed by atoms with Crippen LogP contribution in [-0.2, 0) is 4.79 Å². The number of hydrogen-bond acceptors (Lipinski definition) is 2. The van der Waals surface area contributed by atoms with Gasteiger partial charge in [0.2, 0.25) is 5.91 Å². The molecule has 1 atom stereocenters. The summed E-state index contributed by atoms with van der Waals surface area (Å²) >= 11 is 0. The second-order valence-electron chi connectivity index (χ2n) is 4.36. The zero-order valence-corrected chi connectivity index (χ0v) is 9.09. The quantitative estimate of drug-likeness (QED) is 0.675. The smallest absolute Gasteiger partial charge is 0.222 e. The van der Waals surface area contributed by atoms with E-state index in [0.29, 0.717) is 6.54 Å². The number of rotatable bonds is 6. The van der Waals surface area contributed by atoms with Gasteiger partial charge in [-0.2, -0.15) is 0 Å². The van der Waals surface area contributed by atoms with Crippen molar-refractivity contribution in [3.05, 3.63) is 0 Å². The van der Waals surface area contributed by atoms with Crippen molar-refractivity contribution in [2.24, 2.45) is 17.6 Å². The fourth-order valence-corrected chi connectivity index (χ4v) is 1.74. The molecule has 3 N–H and O–H groups in total. The first-order valence-electron chi connectivity index (χ1n) is 5.71. The van der Waals surface area contributed by atoms with Crippen LogP contribution >= 0.6 is 0 Å². The van der Waals surface area contributed by atoms with E-state index < -0.39 is 0 Å². The minimum Gasteiger partial charge on any atom is -0.356 e. The maximum Gasteiger partial charge on any atom is 0.222 e. The molecule has 3 nitrogen and oxygen atoms in total. The Morgan fingerprint density at radius 2 is 2.29 bits per heavy atom. The Morgan fingerprint density at radius 1 is 1.57 bits per heavy atom. The van der Waals surface area contributed by atoms with E-state index in [2.05, 4.69) is 5.32 Å². The predicted molar refractivity (Wildman–Crippen MR) is 57.8 cm³/mol. The van der Waals surface area contributed by atoms with Crippen LogP contribution in [0.5, 0.6) is 0 Å². The van der Waals surface area contributed by atoms with Gasteiger partial charge in [-0.3, -0.25) is 4.79 Å². The van der Waals surface area contributed by atoms with Crippen LogP contribution in [-0.4, -0.2) is 19.0 Å². The van der Waals surface area contributed by atoms with Gasteiger partial charge >= 0.3 is 0 Å². The van der Waals surface area contributed by atoms with Gasteiger partial charge < -0.3 is 11.1 Å². The largest absolute Gasteiger partial charge is 0.356 e. The van der Waals surface area contributed by atoms with Crippen LogP contribution in [0, 0.1) is 11.8 Å². The van der Waals surface area contributed by atoms with E-state index in [4.69, 9.17) is 5.73 Å². The van der Waals surface area contributed by atoms with Crippen LogP contribution in [0.4, 0.5) is 0 Å². The maximum absolute atomic E-state index is 11.5. The molecule has 0 aliphatic heterocycles. The number of carbonyl (C=O) groups is 1. The summed E-state index contributed by atoms with van der Waals surface area (Å²) in [5, 5.41) is 2.97. The number of nitrogens with one attached hydrogen (secondary N) is 1. The van der Waals surface area contributed by atoms with E-state index in [1.807, 2.05) is 6.92 Å². The van der Waals surface area contributed by atoms with Gasteiger partial charge in [-0.05, 0) is 25.3 Å². The average Bonchev–Trinajstić information content (AvgIpc) is 2.09. The highest BCUT2D eigenvalue weighted by Crippen LogP contribution is 2.28. The SMILES string of the molecule is CC(CCN)C(=O)NCCC1CCC1. The van der Waals surface area contributed by atoms with E-state index >= 15 is 0 Å². The Balaban J connectivity index is 2.01. The van der Waals surface area contributed by atoms with Crippen molar-refractivity contribution < 1.29 is 4.79 Å². The monoisotopic (exact) mass is 198 g/mol. The predicted octanol–water partition coefficient (Wildman–Crippen LogP) is 1.28. The number of nitrogens with two attached hydrogens (primary N) is 1. The molecule has 0 aromatic carbocycles. The molecular formula is C11H22N2O. The summed E-state index contributed by atoms with van der Waals surface area (Å²) in [7, 11) is 0. The number of amides is 1.